The van der Waals surface area contributed by atoms with E-state index in [1.807, 2.05) is 19.2 Å². The van der Waals surface area contributed by atoms with E-state index in [0.717, 1.165) is 47.5 Å². The molecule has 0 aliphatic carbocycles. The number of hydrogen-bond acceptors (Lipinski definition) is 5. The number of aromatic nitrogens is 2. The Morgan fingerprint density at radius 2 is 1.93 bits per heavy atom. The second kappa shape index (κ2) is 8.69. The normalized spacial score (nSPS) is 15.0. The number of anilines is 1. The van der Waals surface area contributed by atoms with Crippen molar-refractivity contribution in [3.63, 3.8) is 0 Å². The van der Waals surface area contributed by atoms with E-state index >= 15 is 0 Å². The van der Waals surface area contributed by atoms with Gasteiger partial charge >= 0.3 is 0 Å². The predicted octanol–water partition coefficient (Wildman–Crippen LogP) is 5.49. The number of benzene rings is 1. The molecule has 1 fully saturated rings. The average molecular weight is 463 g/mol. The van der Waals surface area contributed by atoms with Gasteiger partial charge in [-0.25, -0.2) is 9.97 Å². The van der Waals surface area contributed by atoms with E-state index in [2.05, 4.69) is 28.7 Å². The lowest BCUT2D eigenvalue weighted by Crippen LogP contribution is -2.41. The van der Waals surface area contributed by atoms with Crippen LogP contribution >= 0.6 is 34.5 Å². The fourth-order valence-corrected chi connectivity index (χ4v) is 5.36. The fourth-order valence-electron chi connectivity index (χ4n) is 4.04. The molecular weight excluding hydrogens is 439 g/mol. The van der Waals surface area contributed by atoms with Gasteiger partial charge in [0.1, 0.15) is 17.0 Å². The number of rotatable bonds is 4. The SMILES string of the molecule is Cc1sc2ncnc(N3CCC(C(=O)N(C)Cc4ccc(Cl)c(Cl)c4)CC3)c2c1C. The molecule has 0 unspecified atom stereocenters. The molecule has 0 atom stereocenters. The molecule has 158 valence electrons. The second-order valence-corrected chi connectivity index (χ2v) is 9.88. The zero-order valence-corrected chi connectivity index (χ0v) is 19.6. The van der Waals surface area contributed by atoms with Gasteiger partial charge in [-0.1, -0.05) is 29.3 Å². The highest BCUT2D eigenvalue weighted by Crippen LogP contribution is 2.35. The van der Waals surface area contributed by atoms with Gasteiger partial charge in [-0.15, -0.1) is 11.3 Å². The first kappa shape index (κ1) is 21.3. The zero-order chi connectivity index (χ0) is 21.4. The molecule has 8 heteroatoms. The molecule has 3 aromatic rings. The lowest BCUT2D eigenvalue weighted by molar-refractivity contribution is -0.135. The second-order valence-electron chi connectivity index (χ2n) is 7.86. The summed E-state index contributed by atoms with van der Waals surface area (Å²) in [4.78, 5) is 28.4. The third-order valence-corrected chi connectivity index (χ3v) is 7.72. The quantitative estimate of drug-likeness (QED) is 0.514. The third-order valence-electron chi connectivity index (χ3n) is 5.87. The van der Waals surface area contributed by atoms with Crippen LogP contribution in [0.15, 0.2) is 24.5 Å². The molecule has 3 heterocycles. The zero-order valence-electron chi connectivity index (χ0n) is 17.3. The van der Waals surface area contributed by atoms with E-state index in [4.69, 9.17) is 23.2 Å². The highest BCUT2D eigenvalue weighted by atomic mass is 35.5. The highest BCUT2D eigenvalue weighted by Gasteiger charge is 2.29. The van der Waals surface area contributed by atoms with Crippen LogP contribution in [-0.2, 0) is 11.3 Å². The average Bonchev–Trinajstić information content (AvgIpc) is 3.04. The van der Waals surface area contributed by atoms with Gasteiger partial charge in [0.15, 0.2) is 0 Å². The lowest BCUT2D eigenvalue weighted by Gasteiger charge is -2.34. The van der Waals surface area contributed by atoms with Crippen molar-refractivity contribution in [2.24, 2.45) is 5.92 Å². The van der Waals surface area contributed by atoms with Gasteiger partial charge in [-0.05, 0) is 49.9 Å². The fraction of sp³-hybridized carbons (Fsp3) is 0.409. The molecule has 2 aromatic heterocycles. The molecule has 4 rings (SSSR count). The number of carbonyl (C=O) groups excluding carboxylic acids is 1. The van der Waals surface area contributed by atoms with Crippen LogP contribution < -0.4 is 4.90 Å². The van der Waals surface area contributed by atoms with Gasteiger partial charge in [0.2, 0.25) is 5.91 Å². The van der Waals surface area contributed by atoms with Crippen LogP contribution in [0.1, 0.15) is 28.8 Å². The van der Waals surface area contributed by atoms with Crippen molar-refractivity contribution in [3.8, 4) is 0 Å². The van der Waals surface area contributed by atoms with Crippen LogP contribution in [0.5, 0.6) is 0 Å². The molecular formula is C22H24Cl2N4OS. The Bertz CT molecular complexity index is 1090. The largest absolute Gasteiger partial charge is 0.356 e. The molecule has 1 aliphatic heterocycles. The van der Waals surface area contributed by atoms with Gasteiger partial charge in [0.05, 0.1) is 15.4 Å². The van der Waals surface area contributed by atoms with Gasteiger partial charge in [0.25, 0.3) is 0 Å². The Morgan fingerprint density at radius 3 is 2.63 bits per heavy atom. The molecule has 5 nitrogen and oxygen atoms in total. The molecule has 0 spiro atoms. The van der Waals surface area contributed by atoms with Crippen molar-refractivity contribution in [1.29, 1.82) is 0 Å². The number of fused-ring (bicyclic) bond motifs is 1. The minimum Gasteiger partial charge on any atom is -0.356 e. The number of thiophene rings is 1. The van der Waals surface area contributed by atoms with Crippen LogP contribution in [0.3, 0.4) is 0 Å². The number of hydrogen-bond donors (Lipinski definition) is 0. The summed E-state index contributed by atoms with van der Waals surface area (Å²) >= 11 is 13.8. The first-order chi connectivity index (χ1) is 14.3. The van der Waals surface area contributed by atoms with Crippen molar-refractivity contribution in [2.75, 3.05) is 25.0 Å². The number of amides is 1. The van der Waals surface area contributed by atoms with Crippen LogP contribution in [0.4, 0.5) is 5.82 Å². The number of nitrogens with zero attached hydrogens (tertiary/aromatic N) is 4. The number of piperidine rings is 1. The summed E-state index contributed by atoms with van der Waals surface area (Å²) in [5.41, 5.74) is 2.23. The van der Waals surface area contributed by atoms with Crippen molar-refractivity contribution in [1.82, 2.24) is 14.9 Å². The van der Waals surface area contributed by atoms with Crippen molar-refractivity contribution in [2.45, 2.75) is 33.2 Å². The minimum atomic E-state index is 0.0247. The maximum Gasteiger partial charge on any atom is 0.225 e. The summed E-state index contributed by atoms with van der Waals surface area (Å²) in [6.07, 6.45) is 3.28. The van der Waals surface area contributed by atoms with Crippen LogP contribution in [0.2, 0.25) is 10.0 Å². The number of aryl methyl sites for hydroxylation is 2. The molecule has 1 saturated heterocycles. The lowest BCUT2D eigenvalue weighted by atomic mass is 9.95. The Balaban J connectivity index is 1.42. The smallest absolute Gasteiger partial charge is 0.225 e. The Labute approximate surface area is 190 Å². The molecule has 1 aliphatic rings. The summed E-state index contributed by atoms with van der Waals surface area (Å²) < 4.78 is 0. The van der Waals surface area contributed by atoms with E-state index < -0.39 is 0 Å². The minimum absolute atomic E-state index is 0.0247. The molecule has 1 aromatic carbocycles. The van der Waals surface area contributed by atoms with Crippen molar-refractivity contribution >= 4 is 56.5 Å². The molecule has 1 amide bonds. The molecule has 0 bridgehead atoms. The van der Waals surface area contributed by atoms with Crippen molar-refractivity contribution in [3.05, 3.63) is 50.6 Å². The van der Waals surface area contributed by atoms with Gasteiger partial charge < -0.3 is 9.80 Å². The van der Waals surface area contributed by atoms with E-state index in [0.29, 0.717) is 16.6 Å². The molecule has 0 N–H and O–H groups in total. The Morgan fingerprint density at radius 1 is 1.20 bits per heavy atom. The number of carbonyl (C=O) groups is 1. The maximum atomic E-state index is 13.0. The molecule has 0 saturated carbocycles. The summed E-state index contributed by atoms with van der Waals surface area (Å²) in [5, 5.41) is 2.19. The predicted molar refractivity (Wildman–Crippen MR) is 125 cm³/mol. The maximum absolute atomic E-state index is 13.0. The van der Waals surface area contributed by atoms with Crippen LogP contribution in [-0.4, -0.2) is 40.9 Å². The van der Waals surface area contributed by atoms with Crippen molar-refractivity contribution < 1.29 is 4.79 Å². The summed E-state index contributed by atoms with van der Waals surface area (Å²) in [7, 11) is 1.85. The topological polar surface area (TPSA) is 49.3 Å². The van der Waals surface area contributed by atoms with E-state index in [-0.39, 0.29) is 11.8 Å². The molecule has 0 radical (unpaired) electrons. The number of halogens is 2. The standard InChI is InChI=1S/C22H24Cl2N4OS/c1-13-14(2)30-21-19(13)20(25-12-26-21)28-8-6-16(7-9-28)22(29)27(3)11-15-4-5-17(23)18(24)10-15/h4-5,10,12,16H,6-9,11H2,1-3H3. The Kier molecular flexibility index (Phi) is 6.19. The monoisotopic (exact) mass is 462 g/mol. The van der Waals surface area contributed by atoms with E-state index in [9.17, 15) is 4.79 Å². The van der Waals surface area contributed by atoms with Crippen LogP contribution in [0, 0.1) is 19.8 Å². The van der Waals surface area contributed by atoms with Gasteiger partial charge in [-0.2, -0.15) is 0 Å². The van der Waals surface area contributed by atoms with Crippen LogP contribution in [0.25, 0.3) is 10.2 Å². The van der Waals surface area contributed by atoms with Gasteiger partial charge in [0, 0.05) is 37.5 Å². The van der Waals surface area contributed by atoms with E-state index in [1.165, 1.54) is 10.4 Å². The summed E-state index contributed by atoms with van der Waals surface area (Å²) in [6, 6.07) is 5.50. The summed E-state index contributed by atoms with van der Waals surface area (Å²) in [6.45, 7) is 6.42. The molecule has 30 heavy (non-hydrogen) atoms. The third kappa shape index (κ3) is 4.13. The van der Waals surface area contributed by atoms with Gasteiger partial charge in [-0.3, -0.25) is 4.79 Å². The summed E-state index contributed by atoms with van der Waals surface area (Å²) in [5.74, 6) is 1.20. The first-order valence-electron chi connectivity index (χ1n) is 9.99. The highest BCUT2D eigenvalue weighted by molar-refractivity contribution is 7.18. The Hall–Kier alpha value is -1.89. The van der Waals surface area contributed by atoms with E-state index in [1.54, 1.807) is 28.6 Å². The first-order valence-corrected chi connectivity index (χ1v) is 11.6.